The summed E-state index contributed by atoms with van der Waals surface area (Å²) in [5, 5.41) is 0.712. The van der Waals surface area contributed by atoms with Crippen LogP contribution in [0.25, 0.3) is 10.9 Å². The summed E-state index contributed by atoms with van der Waals surface area (Å²) in [5.41, 5.74) is 0.873. The van der Waals surface area contributed by atoms with Gasteiger partial charge in [0.25, 0.3) is 11.6 Å². The smallest absolute Gasteiger partial charge is 0.297 e. The first-order valence-electron chi connectivity index (χ1n) is 9.50. The number of fused-ring (bicyclic) bond motifs is 1. The Kier molecular flexibility index (Phi) is 3.76. The largest absolute Gasteiger partial charge is 0.432 e. The number of anilines is 1. The van der Waals surface area contributed by atoms with Crippen molar-refractivity contribution >= 4 is 16.9 Å². The Labute approximate surface area is 151 Å². The van der Waals surface area contributed by atoms with Gasteiger partial charge in [-0.3, -0.25) is 9.36 Å². The van der Waals surface area contributed by atoms with Gasteiger partial charge in [-0.2, -0.15) is 0 Å². The van der Waals surface area contributed by atoms with E-state index in [1.807, 2.05) is 28.8 Å². The molecule has 5 rings (SSSR count). The molecule has 1 aliphatic heterocycles. The van der Waals surface area contributed by atoms with Crippen LogP contribution in [0.2, 0.25) is 0 Å². The van der Waals surface area contributed by atoms with Gasteiger partial charge in [0.1, 0.15) is 12.1 Å². The van der Waals surface area contributed by atoms with Gasteiger partial charge in [0.2, 0.25) is 0 Å². The van der Waals surface area contributed by atoms with E-state index in [0.29, 0.717) is 11.4 Å². The Bertz CT molecular complexity index is 973. The number of hydrogen-bond acceptors (Lipinski definition) is 5. The maximum absolute atomic E-state index is 13.4. The van der Waals surface area contributed by atoms with E-state index >= 15 is 0 Å². The first-order valence-corrected chi connectivity index (χ1v) is 9.50. The maximum atomic E-state index is 13.4. The molecule has 3 aromatic rings. The van der Waals surface area contributed by atoms with E-state index in [0.717, 1.165) is 43.6 Å². The molecule has 2 aliphatic rings. The predicted octanol–water partition coefficient (Wildman–Crippen LogP) is 3.84. The van der Waals surface area contributed by atoms with Crippen molar-refractivity contribution in [1.29, 1.82) is 0 Å². The molecule has 6 heteroatoms. The molecule has 1 saturated heterocycles. The third kappa shape index (κ3) is 2.43. The Morgan fingerprint density at radius 1 is 1.08 bits per heavy atom. The van der Waals surface area contributed by atoms with Gasteiger partial charge in [-0.15, -0.1) is 0 Å². The van der Waals surface area contributed by atoms with Gasteiger partial charge in [-0.05, 0) is 37.8 Å². The van der Waals surface area contributed by atoms with Gasteiger partial charge in [0, 0.05) is 12.6 Å². The quantitative estimate of drug-likeness (QED) is 0.718. The number of para-hydroxylation sites is 1. The molecule has 2 fully saturated rings. The van der Waals surface area contributed by atoms with E-state index in [1.54, 1.807) is 12.5 Å². The lowest BCUT2D eigenvalue weighted by Crippen LogP contribution is -2.34. The third-order valence-corrected chi connectivity index (χ3v) is 5.74. The number of aromatic nitrogens is 3. The van der Waals surface area contributed by atoms with Crippen molar-refractivity contribution in [3.63, 3.8) is 0 Å². The average Bonchev–Trinajstić information content (AvgIpc) is 3.42. The van der Waals surface area contributed by atoms with Gasteiger partial charge in [-0.1, -0.05) is 25.0 Å². The molecule has 1 atom stereocenters. The Balaban J connectivity index is 1.70. The summed E-state index contributed by atoms with van der Waals surface area (Å²) in [4.78, 5) is 24.8. The number of rotatable bonds is 3. The Morgan fingerprint density at radius 3 is 2.73 bits per heavy atom. The molecule has 2 aromatic heterocycles. The van der Waals surface area contributed by atoms with Crippen molar-refractivity contribution in [2.24, 2.45) is 0 Å². The van der Waals surface area contributed by atoms with Crippen molar-refractivity contribution in [3.05, 3.63) is 52.9 Å². The lowest BCUT2D eigenvalue weighted by molar-refractivity contribution is 0.444. The molecule has 0 spiro atoms. The van der Waals surface area contributed by atoms with Gasteiger partial charge in [0.05, 0.1) is 23.1 Å². The van der Waals surface area contributed by atoms with Crippen molar-refractivity contribution in [3.8, 4) is 0 Å². The molecular formula is C20H22N4O2. The molecule has 3 heterocycles. The van der Waals surface area contributed by atoms with Crippen LogP contribution < -0.4 is 10.5 Å². The zero-order chi connectivity index (χ0) is 17.5. The van der Waals surface area contributed by atoms with E-state index in [-0.39, 0.29) is 17.6 Å². The van der Waals surface area contributed by atoms with E-state index in [4.69, 9.17) is 9.40 Å². The first kappa shape index (κ1) is 15.6. The van der Waals surface area contributed by atoms with Crippen LogP contribution in [0, 0.1) is 0 Å². The summed E-state index contributed by atoms with van der Waals surface area (Å²) in [6, 6.07) is 8.59. The molecule has 0 amide bonds. The zero-order valence-corrected chi connectivity index (χ0v) is 14.7. The van der Waals surface area contributed by atoms with Crippen LogP contribution in [0.5, 0.6) is 0 Å². The van der Waals surface area contributed by atoms with E-state index in [9.17, 15) is 4.79 Å². The summed E-state index contributed by atoms with van der Waals surface area (Å²) < 4.78 is 7.54. The highest BCUT2D eigenvalue weighted by Crippen LogP contribution is 2.37. The molecule has 1 unspecified atom stereocenters. The standard InChI is InChI=1S/C20H22N4O2/c25-19-15-8-3-4-9-16(15)22-18(24(19)14-6-1-2-7-14)17-10-5-12-23(17)20-21-11-13-26-20/h3-4,8-9,11,13-14,17H,1-2,5-7,10,12H2. The monoisotopic (exact) mass is 350 g/mol. The number of benzene rings is 1. The lowest BCUT2D eigenvalue weighted by atomic mass is 10.1. The zero-order valence-electron chi connectivity index (χ0n) is 14.7. The summed E-state index contributed by atoms with van der Waals surface area (Å²) in [6.45, 7) is 0.874. The summed E-state index contributed by atoms with van der Waals surface area (Å²) in [6.07, 6.45) is 9.73. The van der Waals surface area contributed by atoms with E-state index < -0.39 is 0 Å². The second kappa shape index (κ2) is 6.27. The van der Waals surface area contributed by atoms with Gasteiger partial charge in [0.15, 0.2) is 0 Å². The van der Waals surface area contributed by atoms with Crippen LogP contribution in [0.1, 0.15) is 56.4 Å². The molecule has 0 bridgehead atoms. The number of oxazole rings is 1. The van der Waals surface area contributed by atoms with Crippen LogP contribution in [-0.4, -0.2) is 21.1 Å². The fraction of sp³-hybridized carbons (Fsp3) is 0.450. The molecule has 134 valence electrons. The molecule has 0 radical (unpaired) electrons. The molecule has 1 aliphatic carbocycles. The Hall–Kier alpha value is -2.63. The lowest BCUT2D eigenvalue weighted by Gasteiger charge is -2.27. The summed E-state index contributed by atoms with van der Waals surface area (Å²) in [7, 11) is 0. The van der Waals surface area contributed by atoms with Crippen LogP contribution in [0.4, 0.5) is 6.01 Å². The minimum absolute atomic E-state index is 0.0338. The number of hydrogen-bond donors (Lipinski definition) is 0. The molecule has 0 N–H and O–H groups in total. The van der Waals surface area contributed by atoms with Crippen LogP contribution in [-0.2, 0) is 0 Å². The molecule has 1 saturated carbocycles. The van der Waals surface area contributed by atoms with Crippen molar-refractivity contribution in [1.82, 2.24) is 14.5 Å². The van der Waals surface area contributed by atoms with Crippen molar-refractivity contribution in [2.45, 2.75) is 50.6 Å². The molecular weight excluding hydrogens is 328 g/mol. The van der Waals surface area contributed by atoms with Crippen molar-refractivity contribution < 1.29 is 4.42 Å². The second-order valence-electron chi connectivity index (χ2n) is 7.27. The highest BCUT2D eigenvalue weighted by molar-refractivity contribution is 5.77. The fourth-order valence-corrected chi connectivity index (χ4v) is 4.54. The van der Waals surface area contributed by atoms with Gasteiger partial charge in [-0.25, -0.2) is 9.97 Å². The maximum Gasteiger partial charge on any atom is 0.297 e. The molecule has 26 heavy (non-hydrogen) atoms. The van der Waals surface area contributed by atoms with E-state index in [2.05, 4.69) is 9.88 Å². The number of nitrogens with zero attached hydrogens (tertiary/aromatic N) is 4. The minimum Gasteiger partial charge on any atom is -0.432 e. The van der Waals surface area contributed by atoms with Crippen LogP contribution >= 0.6 is 0 Å². The van der Waals surface area contributed by atoms with Crippen LogP contribution in [0.3, 0.4) is 0 Å². The summed E-state index contributed by atoms with van der Waals surface area (Å²) in [5.74, 6) is 0.872. The second-order valence-corrected chi connectivity index (χ2v) is 7.27. The van der Waals surface area contributed by atoms with E-state index in [1.165, 1.54) is 12.8 Å². The first-order chi connectivity index (χ1) is 12.8. The average molecular weight is 350 g/mol. The minimum atomic E-state index is 0.0338. The van der Waals surface area contributed by atoms with Gasteiger partial charge < -0.3 is 9.32 Å². The summed E-state index contributed by atoms with van der Waals surface area (Å²) >= 11 is 0. The molecule has 6 nitrogen and oxygen atoms in total. The highest BCUT2D eigenvalue weighted by atomic mass is 16.4. The Morgan fingerprint density at radius 2 is 1.92 bits per heavy atom. The predicted molar refractivity (Wildman–Crippen MR) is 99.3 cm³/mol. The highest BCUT2D eigenvalue weighted by Gasteiger charge is 2.34. The topological polar surface area (TPSA) is 64.2 Å². The molecule has 1 aromatic carbocycles. The SMILES string of the molecule is O=c1c2ccccc2nc(C2CCCN2c2ncco2)n1C1CCCC1. The fourth-order valence-electron chi connectivity index (χ4n) is 4.54. The third-order valence-electron chi connectivity index (χ3n) is 5.74. The van der Waals surface area contributed by atoms with Gasteiger partial charge >= 0.3 is 0 Å². The van der Waals surface area contributed by atoms with Crippen molar-refractivity contribution in [2.75, 3.05) is 11.4 Å². The van der Waals surface area contributed by atoms with Crippen LogP contribution in [0.15, 0.2) is 45.9 Å². The normalized spacial score (nSPS) is 21.1.